The smallest absolute Gasteiger partial charge is 0.387 e. The fraction of sp³-hybridized carbons (Fsp3) is 0.462. The van der Waals surface area contributed by atoms with E-state index in [9.17, 15) is 13.6 Å². The molecular weight excluding hydrogens is 322 g/mol. The maximum atomic E-state index is 12.4. The third-order valence-corrected chi connectivity index (χ3v) is 2.93. The fourth-order valence-electron chi connectivity index (χ4n) is 1.57. The molecule has 1 aromatic rings. The molecule has 0 aromatic heterocycles. The van der Waals surface area contributed by atoms with Gasteiger partial charge in [0.25, 0.3) is 0 Å². The molecule has 3 nitrogen and oxygen atoms in total. The van der Waals surface area contributed by atoms with Gasteiger partial charge in [-0.1, -0.05) is 22.0 Å². The minimum Gasteiger partial charge on any atom is -0.462 e. The molecule has 0 saturated carbocycles. The predicted molar refractivity (Wildman–Crippen MR) is 71.1 cm³/mol. The number of hydrogen-bond acceptors (Lipinski definition) is 3. The lowest BCUT2D eigenvalue weighted by atomic mass is 10.1. The highest BCUT2D eigenvalue weighted by Gasteiger charge is 2.14. The number of carbonyl (C=O) groups excluding carboxylic acids is 1. The van der Waals surface area contributed by atoms with Crippen molar-refractivity contribution in [3.8, 4) is 5.75 Å². The molecular formula is C13H15BrF2O3. The molecule has 6 heteroatoms. The molecule has 0 N–H and O–H groups in total. The maximum absolute atomic E-state index is 12.4. The second-order valence-electron chi connectivity index (χ2n) is 3.71. The summed E-state index contributed by atoms with van der Waals surface area (Å²) in [4.78, 5) is 11.5. The van der Waals surface area contributed by atoms with E-state index in [1.165, 1.54) is 6.07 Å². The summed E-state index contributed by atoms with van der Waals surface area (Å²) < 4.78 is 34.0. The first-order chi connectivity index (χ1) is 9.08. The van der Waals surface area contributed by atoms with E-state index in [1.54, 1.807) is 19.1 Å². The van der Waals surface area contributed by atoms with Crippen LogP contribution in [0.5, 0.6) is 5.75 Å². The normalized spacial score (nSPS) is 10.6. The molecule has 0 saturated heterocycles. The van der Waals surface area contributed by atoms with Crippen molar-refractivity contribution in [2.75, 3.05) is 11.9 Å². The quantitative estimate of drug-likeness (QED) is 0.561. The Bertz CT molecular complexity index is 424. The zero-order valence-electron chi connectivity index (χ0n) is 10.5. The molecule has 0 atom stereocenters. The van der Waals surface area contributed by atoms with Crippen molar-refractivity contribution in [1.29, 1.82) is 0 Å². The molecule has 0 aliphatic rings. The minimum absolute atomic E-state index is 0.0292. The van der Waals surface area contributed by atoms with Crippen molar-refractivity contribution >= 4 is 21.9 Å². The molecule has 0 amide bonds. The summed E-state index contributed by atoms with van der Waals surface area (Å²) in [5.41, 5.74) is 0.855. The van der Waals surface area contributed by atoms with E-state index in [0.717, 1.165) is 11.8 Å². The molecule has 0 fully saturated rings. The second kappa shape index (κ2) is 8.09. The molecule has 0 heterocycles. The summed E-state index contributed by atoms with van der Waals surface area (Å²) in [6, 6.07) is 4.47. The highest BCUT2D eigenvalue weighted by molar-refractivity contribution is 9.09. The summed E-state index contributed by atoms with van der Waals surface area (Å²) in [6.45, 7) is -1.01. The first-order valence-corrected chi connectivity index (χ1v) is 7.01. The number of carbonyl (C=O) groups is 1. The van der Waals surface area contributed by atoms with Gasteiger partial charge in [0, 0.05) is 5.33 Å². The van der Waals surface area contributed by atoms with Crippen molar-refractivity contribution in [3.63, 3.8) is 0 Å². The van der Waals surface area contributed by atoms with Crippen LogP contribution in [0.2, 0.25) is 0 Å². The molecule has 0 aliphatic carbocycles. The van der Waals surface area contributed by atoms with Gasteiger partial charge in [0.2, 0.25) is 0 Å². The van der Waals surface area contributed by atoms with Crippen molar-refractivity contribution in [3.05, 3.63) is 29.3 Å². The Kier molecular flexibility index (Phi) is 6.77. The van der Waals surface area contributed by atoms with E-state index in [-0.39, 0.29) is 17.9 Å². The Morgan fingerprint density at radius 2 is 2.16 bits per heavy atom. The zero-order chi connectivity index (χ0) is 14.3. The largest absolute Gasteiger partial charge is 0.462 e. The monoisotopic (exact) mass is 336 g/mol. The van der Waals surface area contributed by atoms with Crippen LogP contribution in [0.1, 0.15) is 29.3 Å². The van der Waals surface area contributed by atoms with Crippen molar-refractivity contribution in [2.45, 2.75) is 26.4 Å². The third-order valence-electron chi connectivity index (χ3n) is 2.37. The summed E-state index contributed by atoms with van der Waals surface area (Å²) in [5.74, 6) is -0.518. The van der Waals surface area contributed by atoms with Crippen LogP contribution in [-0.4, -0.2) is 24.5 Å². The number of aryl methyl sites for hydroxylation is 1. The molecule has 1 rings (SSSR count). The summed E-state index contributed by atoms with van der Waals surface area (Å²) in [6.07, 6.45) is 1.38. The number of rotatable bonds is 7. The number of alkyl halides is 3. The van der Waals surface area contributed by atoms with E-state index in [4.69, 9.17) is 4.74 Å². The van der Waals surface area contributed by atoms with Crippen molar-refractivity contribution in [2.24, 2.45) is 0 Å². The van der Waals surface area contributed by atoms with E-state index in [1.807, 2.05) is 0 Å². The highest BCUT2D eigenvalue weighted by atomic mass is 79.9. The molecule has 1 aromatic carbocycles. The number of esters is 1. The third kappa shape index (κ3) is 5.14. The first-order valence-electron chi connectivity index (χ1n) is 5.89. The lowest BCUT2D eigenvalue weighted by Gasteiger charge is -2.12. The van der Waals surface area contributed by atoms with E-state index < -0.39 is 12.6 Å². The molecule has 0 bridgehead atoms. The van der Waals surface area contributed by atoms with Crippen LogP contribution in [0.3, 0.4) is 0 Å². The second-order valence-corrected chi connectivity index (χ2v) is 4.51. The van der Waals surface area contributed by atoms with Gasteiger partial charge in [-0.2, -0.15) is 8.78 Å². The van der Waals surface area contributed by atoms with Crippen LogP contribution in [0.15, 0.2) is 18.2 Å². The maximum Gasteiger partial charge on any atom is 0.387 e. The lowest BCUT2D eigenvalue weighted by molar-refractivity contribution is -0.0505. The van der Waals surface area contributed by atoms with E-state index in [0.29, 0.717) is 12.0 Å². The van der Waals surface area contributed by atoms with Crippen molar-refractivity contribution < 1.29 is 23.0 Å². The van der Waals surface area contributed by atoms with Crippen LogP contribution >= 0.6 is 15.9 Å². The summed E-state index contributed by atoms with van der Waals surface area (Å²) in [5, 5.41) is 0.765. The van der Waals surface area contributed by atoms with Gasteiger partial charge in [0.1, 0.15) is 5.75 Å². The predicted octanol–water partition coefficient (Wildman–Crippen LogP) is 3.79. The summed E-state index contributed by atoms with van der Waals surface area (Å²) >= 11 is 3.28. The molecule has 106 valence electrons. The molecule has 0 radical (unpaired) electrons. The Morgan fingerprint density at radius 3 is 2.74 bits per heavy atom. The molecule has 0 aliphatic heterocycles. The molecule has 19 heavy (non-hydrogen) atoms. The fourth-order valence-corrected chi connectivity index (χ4v) is 1.85. The SMILES string of the molecule is CCOC(=O)c1ccc(CCCBr)c(OC(F)F)c1. The first kappa shape index (κ1) is 15.9. The number of benzene rings is 1. The van der Waals surface area contributed by atoms with Crippen LogP contribution in [0.4, 0.5) is 8.78 Å². The van der Waals surface area contributed by atoms with Gasteiger partial charge < -0.3 is 9.47 Å². The number of ether oxygens (including phenoxy) is 2. The minimum atomic E-state index is -2.92. The topological polar surface area (TPSA) is 35.5 Å². The number of halogens is 3. The van der Waals surface area contributed by atoms with Gasteiger partial charge in [-0.25, -0.2) is 4.79 Å². The zero-order valence-corrected chi connectivity index (χ0v) is 12.1. The lowest BCUT2D eigenvalue weighted by Crippen LogP contribution is -2.08. The van der Waals surface area contributed by atoms with Crippen LogP contribution in [0, 0.1) is 0 Å². The van der Waals surface area contributed by atoms with Gasteiger partial charge in [0.15, 0.2) is 0 Å². The van der Waals surface area contributed by atoms with Gasteiger partial charge in [-0.15, -0.1) is 0 Å². The van der Waals surface area contributed by atoms with Crippen LogP contribution in [-0.2, 0) is 11.2 Å². The van der Waals surface area contributed by atoms with E-state index >= 15 is 0 Å². The standard InChI is InChI=1S/C13H15BrF2O3/c1-2-18-12(17)10-6-5-9(4-3-7-14)11(8-10)19-13(15)16/h5-6,8,13H,2-4,7H2,1H3. The van der Waals surface area contributed by atoms with Crippen molar-refractivity contribution in [1.82, 2.24) is 0 Å². The van der Waals surface area contributed by atoms with Gasteiger partial charge in [0.05, 0.1) is 12.2 Å². The van der Waals surface area contributed by atoms with Gasteiger partial charge in [-0.05, 0) is 37.5 Å². The average molecular weight is 337 g/mol. The van der Waals surface area contributed by atoms with Gasteiger partial charge >= 0.3 is 12.6 Å². The highest BCUT2D eigenvalue weighted by Crippen LogP contribution is 2.24. The Balaban J connectivity index is 2.96. The Hall–Kier alpha value is -1.17. The molecule has 0 spiro atoms. The Labute approximate surface area is 119 Å². The van der Waals surface area contributed by atoms with E-state index in [2.05, 4.69) is 20.7 Å². The van der Waals surface area contributed by atoms with Crippen LogP contribution in [0.25, 0.3) is 0 Å². The number of hydrogen-bond donors (Lipinski definition) is 0. The Morgan fingerprint density at radius 1 is 1.42 bits per heavy atom. The average Bonchev–Trinajstić information content (AvgIpc) is 2.36. The van der Waals surface area contributed by atoms with Gasteiger partial charge in [-0.3, -0.25) is 0 Å². The summed E-state index contributed by atoms with van der Waals surface area (Å²) in [7, 11) is 0. The molecule has 0 unspecified atom stereocenters. The van der Waals surface area contributed by atoms with Crippen LogP contribution < -0.4 is 4.74 Å².